The lowest BCUT2D eigenvalue weighted by molar-refractivity contribution is -0.209. The number of carbonyl (C=O) groups excluding carboxylic acids is 2. The summed E-state index contributed by atoms with van der Waals surface area (Å²) in [6.07, 6.45) is -0.849. The van der Waals surface area contributed by atoms with Gasteiger partial charge in [0.15, 0.2) is 6.04 Å². The molecule has 1 atom stereocenters. The van der Waals surface area contributed by atoms with Gasteiger partial charge in [-0.15, -0.1) is 0 Å². The van der Waals surface area contributed by atoms with Crippen molar-refractivity contribution in [2.75, 3.05) is 6.61 Å². The predicted octanol–water partition coefficient (Wildman–Crippen LogP) is 3.36. The maximum absolute atomic E-state index is 13.0. The molecule has 8 heteroatoms. The minimum atomic E-state index is -1.39. The maximum atomic E-state index is 13.0. The number of carboxylic acid groups (broad SMARTS) is 1. The van der Waals surface area contributed by atoms with Crippen molar-refractivity contribution >= 4 is 18.0 Å². The van der Waals surface area contributed by atoms with E-state index in [4.69, 9.17) is 14.7 Å². The molecule has 1 aromatic carbocycles. The van der Waals surface area contributed by atoms with Crippen LogP contribution >= 0.6 is 0 Å². The van der Waals surface area contributed by atoms with Crippen molar-refractivity contribution in [1.82, 2.24) is 10.4 Å². The Kier molecular flexibility index (Phi) is 8.63. The summed E-state index contributed by atoms with van der Waals surface area (Å²) in [7, 11) is 0. The normalized spacial score (nSPS) is 12.8. The Labute approximate surface area is 172 Å². The predicted molar refractivity (Wildman–Crippen MR) is 108 cm³/mol. The molecule has 0 aliphatic carbocycles. The molecule has 0 saturated heterocycles. The quantitative estimate of drug-likeness (QED) is 0.639. The maximum Gasteiger partial charge on any atom is 0.405 e. The Morgan fingerprint density at radius 1 is 1.10 bits per heavy atom. The Morgan fingerprint density at radius 3 is 2.17 bits per heavy atom. The summed E-state index contributed by atoms with van der Waals surface area (Å²) in [5.41, 5.74) is -0.566. The van der Waals surface area contributed by atoms with E-state index in [1.54, 1.807) is 34.6 Å². The second-order valence-electron chi connectivity index (χ2n) is 8.40. The molecule has 29 heavy (non-hydrogen) atoms. The first-order valence-corrected chi connectivity index (χ1v) is 9.57. The van der Waals surface area contributed by atoms with E-state index in [1.807, 2.05) is 37.3 Å². The molecule has 0 fully saturated rings. The van der Waals surface area contributed by atoms with E-state index >= 15 is 0 Å². The van der Waals surface area contributed by atoms with Crippen molar-refractivity contribution in [3.63, 3.8) is 0 Å². The number of nitrogens with one attached hydrogen (secondary N) is 1. The molecule has 162 valence electrons. The zero-order chi connectivity index (χ0) is 22.2. The van der Waals surface area contributed by atoms with Crippen molar-refractivity contribution in [1.29, 1.82) is 0 Å². The summed E-state index contributed by atoms with van der Waals surface area (Å²) in [6, 6.07) is 7.82. The van der Waals surface area contributed by atoms with E-state index in [2.05, 4.69) is 5.32 Å². The van der Waals surface area contributed by atoms with Gasteiger partial charge in [0.1, 0.15) is 0 Å². The van der Waals surface area contributed by atoms with Crippen LogP contribution in [0.25, 0.3) is 0 Å². The van der Waals surface area contributed by atoms with Crippen molar-refractivity contribution in [3.8, 4) is 0 Å². The topological polar surface area (TPSA) is 105 Å². The van der Waals surface area contributed by atoms with Gasteiger partial charge in [-0.1, -0.05) is 51.1 Å². The van der Waals surface area contributed by atoms with Crippen LogP contribution in [0.4, 0.5) is 4.79 Å². The van der Waals surface area contributed by atoms with Crippen LogP contribution in [0.15, 0.2) is 30.3 Å². The molecule has 1 rings (SSSR count). The van der Waals surface area contributed by atoms with E-state index in [-0.39, 0.29) is 19.1 Å². The van der Waals surface area contributed by atoms with Crippen molar-refractivity contribution in [2.24, 2.45) is 5.41 Å². The van der Waals surface area contributed by atoms with Gasteiger partial charge in [-0.2, -0.15) is 5.06 Å². The molecule has 2 amide bonds. The highest BCUT2D eigenvalue weighted by molar-refractivity contribution is 5.85. The largest absolute Gasteiger partial charge is 0.465 e. The molecular weight excluding hydrogens is 376 g/mol. The van der Waals surface area contributed by atoms with Gasteiger partial charge in [0.25, 0.3) is 5.91 Å². The average molecular weight is 408 g/mol. The molecule has 0 aliphatic heterocycles. The Balaban J connectivity index is 3.05. The van der Waals surface area contributed by atoms with Gasteiger partial charge in [-0.3, -0.25) is 4.79 Å². The van der Waals surface area contributed by atoms with Crippen molar-refractivity contribution in [2.45, 2.75) is 66.2 Å². The smallest absolute Gasteiger partial charge is 0.405 e. The number of nitrogens with zero attached hydrogens (tertiary/aromatic N) is 1. The van der Waals surface area contributed by atoms with E-state index in [0.29, 0.717) is 6.42 Å². The van der Waals surface area contributed by atoms with Gasteiger partial charge in [0.05, 0.1) is 18.8 Å². The van der Waals surface area contributed by atoms with Gasteiger partial charge < -0.3 is 20.0 Å². The Hall–Kier alpha value is -2.61. The molecule has 0 radical (unpaired) electrons. The summed E-state index contributed by atoms with van der Waals surface area (Å²) in [4.78, 5) is 42.1. The third kappa shape index (κ3) is 8.51. The minimum Gasteiger partial charge on any atom is -0.465 e. The Bertz CT molecular complexity index is 697. The van der Waals surface area contributed by atoms with Crippen LogP contribution in [-0.2, 0) is 25.7 Å². The average Bonchev–Trinajstić information content (AvgIpc) is 2.63. The lowest BCUT2D eigenvalue weighted by Crippen LogP contribution is -2.50. The number of amides is 2. The molecule has 8 nitrogen and oxygen atoms in total. The van der Waals surface area contributed by atoms with Crippen molar-refractivity contribution < 1.29 is 29.1 Å². The molecule has 0 aliphatic rings. The lowest BCUT2D eigenvalue weighted by Gasteiger charge is -2.31. The SMILES string of the molecule is CCC(C)(C)C(=O)N(Cc1ccccc1)OC(=O)C(COC(C)(C)C)NC(=O)O. The second kappa shape index (κ2) is 10.2. The summed E-state index contributed by atoms with van der Waals surface area (Å²) < 4.78 is 5.53. The fourth-order valence-corrected chi connectivity index (χ4v) is 2.21. The molecule has 0 bridgehead atoms. The first-order valence-electron chi connectivity index (χ1n) is 9.57. The first-order chi connectivity index (χ1) is 13.4. The zero-order valence-corrected chi connectivity index (χ0v) is 18.0. The molecule has 1 unspecified atom stereocenters. The molecular formula is C21H32N2O6. The summed E-state index contributed by atoms with van der Waals surface area (Å²) >= 11 is 0. The number of ether oxygens (including phenoxy) is 1. The Morgan fingerprint density at radius 2 is 1.69 bits per heavy atom. The molecule has 0 heterocycles. The van der Waals surface area contributed by atoms with Gasteiger partial charge in [-0.25, -0.2) is 9.59 Å². The van der Waals surface area contributed by atoms with Crippen LogP contribution in [0.2, 0.25) is 0 Å². The molecule has 0 saturated carbocycles. The zero-order valence-electron chi connectivity index (χ0n) is 18.0. The highest BCUT2D eigenvalue weighted by atomic mass is 16.7. The fourth-order valence-electron chi connectivity index (χ4n) is 2.21. The summed E-state index contributed by atoms with van der Waals surface area (Å²) in [6.45, 7) is 10.6. The second-order valence-corrected chi connectivity index (χ2v) is 8.40. The highest BCUT2D eigenvalue weighted by Crippen LogP contribution is 2.24. The van der Waals surface area contributed by atoms with Crippen LogP contribution in [0.3, 0.4) is 0 Å². The fraction of sp³-hybridized carbons (Fsp3) is 0.571. The van der Waals surface area contributed by atoms with Crippen LogP contribution in [-0.4, -0.2) is 46.4 Å². The molecule has 1 aromatic rings. The minimum absolute atomic E-state index is 0.0504. The first kappa shape index (κ1) is 24.4. The standard InChI is InChI=1S/C21H32N2O6/c1-7-21(5,6)18(25)23(13-15-11-9-8-10-12-15)29-17(24)16(22-19(26)27)14-28-20(2,3)4/h8-12,16,22H,7,13-14H2,1-6H3,(H,26,27). The molecule has 0 spiro atoms. The van der Waals surface area contributed by atoms with Crippen LogP contribution < -0.4 is 5.32 Å². The van der Waals surface area contributed by atoms with Gasteiger partial charge in [0.2, 0.25) is 0 Å². The van der Waals surface area contributed by atoms with Crippen molar-refractivity contribution in [3.05, 3.63) is 35.9 Å². The number of carbonyl (C=O) groups is 3. The van der Waals surface area contributed by atoms with Crippen LogP contribution in [0, 0.1) is 5.41 Å². The number of hydroxylamine groups is 2. The van der Waals surface area contributed by atoms with E-state index < -0.39 is 29.1 Å². The lowest BCUT2D eigenvalue weighted by atomic mass is 9.89. The molecule has 2 N–H and O–H groups in total. The number of hydrogen-bond donors (Lipinski definition) is 2. The number of benzene rings is 1. The van der Waals surface area contributed by atoms with E-state index in [9.17, 15) is 14.4 Å². The van der Waals surface area contributed by atoms with Crippen LogP contribution in [0.5, 0.6) is 0 Å². The monoisotopic (exact) mass is 408 g/mol. The number of rotatable bonds is 8. The van der Waals surface area contributed by atoms with Gasteiger partial charge in [-0.05, 0) is 32.8 Å². The number of hydrogen-bond acceptors (Lipinski definition) is 5. The highest BCUT2D eigenvalue weighted by Gasteiger charge is 2.35. The third-order valence-electron chi connectivity index (χ3n) is 4.32. The molecule has 0 aromatic heterocycles. The van der Waals surface area contributed by atoms with Gasteiger partial charge >= 0.3 is 12.1 Å². The third-order valence-corrected chi connectivity index (χ3v) is 4.32. The van der Waals surface area contributed by atoms with Gasteiger partial charge in [0, 0.05) is 5.41 Å². The van der Waals surface area contributed by atoms with E-state index in [0.717, 1.165) is 10.6 Å². The van der Waals surface area contributed by atoms with E-state index in [1.165, 1.54) is 0 Å². The summed E-state index contributed by atoms with van der Waals surface area (Å²) in [5, 5.41) is 12.1. The summed E-state index contributed by atoms with van der Waals surface area (Å²) in [5.74, 6) is -1.28. The van der Waals surface area contributed by atoms with Crippen LogP contribution in [0.1, 0.15) is 53.5 Å².